The fourth-order valence-electron chi connectivity index (χ4n) is 5.25. The van der Waals surface area contributed by atoms with Gasteiger partial charge in [0, 0.05) is 25.6 Å². The van der Waals surface area contributed by atoms with E-state index in [2.05, 4.69) is 5.32 Å². The number of carbonyl (C=O) groups excluding carboxylic acids is 2. The quantitative estimate of drug-likeness (QED) is 0.148. The first kappa shape index (κ1) is 35.8. The summed E-state index contributed by atoms with van der Waals surface area (Å²) in [6.45, 7) is 1.95. The Morgan fingerprint density at radius 1 is 0.771 bits per heavy atom. The Bertz CT molecular complexity index is 1750. The van der Waals surface area contributed by atoms with E-state index in [0.717, 1.165) is 28.3 Å². The molecule has 1 N–H and O–H groups in total. The molecule has 0 bridgehead atoms. The smallest absolute Gasteiger partial charge is 0.264 e. The van der Waals surface area contributed by atoms with Crippen molar-refractivity contribution >= 4 is 27.5 Å². The van der Waals surface area contributed by atoms with Crippen LogP contribution in [0, 0.1) is 0 Å². The van der Waals surface area contributed by atoms with Crippen molar-refractivity contribution in [3.63, 3.8) is 0 Å². The van der Waals surface area contributed by atoms with Gasteiger partial charge in [-0.3, -0.25) is 13.9 Å². The molecular weight excluding hydrogens is 630 g/mol. The lowest BCUT2D eigenvalue weighted by atomic mass is 10.0. The second-order valence-electron chi connectivity index (χ2n) is 11.1. The molecule has 0 saturated carbocycles. The van der Waals surface area contributed by atoms with E-state index in [-0.39, 0.29) is 35.2 Å². The third-order valence-corrected chi connectivity index (χ3v) is 9.62. The van der Waals surface area contributed by atoms with E-state index in [4.69, 9.17) is 14.2 Å². The van der Waals surface area contributed by atoms with Crippen LogP contribution < -0.4 is 23.8 Å². The second kappa shape index (κ2) is 17.2. The van der Waals surface area contributed by atoms with Crippen LogP contribution in [0.25, 0.3) is 0 Å². The molecule has 0 aromatic heterocycles. The number of benzene rings is 4. The van der Waals surface area contributed by atoms with Crippen LogP contribution in [-0.4, -0.2) is 65.6 Å². The Labute approximate surface area is 283 Å². The molecule has 0 unspecified atom stereocenters. The van der Waals surface area contributed by atoms with Gasteiger partial charge in [-0.1, -0.05) is 74.0 Å². The van der Waals surface area contributed by atoms with Crippen LogP contribution in [0.1, 0.15) is 30.9 Å². The third-order valence-electron chi connectivity index (χ3n) is 7.85. The number of carbonyl (C=O) groups is 2. The number of hydrogen-bond donors (Lipinski definition) is 1. The maximum absolute atomic E-state index is 14.6. The third kappa shape index (κ3) is 9.07. The lowest BCUT2D eigenvalue weighted by Crippen LogP contribution is -2.53. The Balaban J connectivity index is 1.80. The van der Waals surface area contributed by atoms with Crippen molar-refractivity contribution in [1.82, 2.24) is 10.2 Å². The molecule has 254 valence electrons. The molecule has 0 heterocycles. The van der Waals surface area contributed by atoms with Crippen LogP contribution in [0.5, 0.6) is 17.2 Å². The number of nitrogens with zero attached hydrogens (tertiary/aromatic N) is 2. The number of unbranched alkanes of at least 4 members (excludes halogenated alkanes) is 1. The fraction of sp³-hybridized carbons (Fsp3) is 0.297. The van der Waals surface area contributed by atoms with Gasteiger partial charge in [-0.05, 0) is 53.9 Å². The molecule has 11 heteroatoms. The molecule has 1 atom stereocenters. The van der Waals surface area contributed by atoms with Gasteiger partial charge >= 0.3 is 0 Å². The molecule has 48 heavy (non-hydrogen) atoms. The van der Waals surface area contributed by atoms with Crippen LogP contribution in [0.15, 0.2) is 108 Å². The normalized spacial score (nSPS) is 11.7. The zero-order chi connectivity index (χ0) is 34.5. The minimum absolute atomic E-state index is 0.0355. The number of ether oxygens (including phenoxy) is 3. The minimum Gasteiger partial charge on any atom is -0.497 e. The monoisotopic (exact) mass is 673 g/mol. The molecule has 2 amide bonds. The van der Waals surface area contributed by atoms with Gasteiger partial charge in [-0.25, -0.2) is 8.42 Å². The topological polar surface area (TPSA) is 114 Å². The number of para-hydroxylation sites is 1. The predicted molar refractivity (Wildman–Crippen MR) is 186 cm³/mol. The largest absolute Gasteiger partial charge is 0.497 e. The van der Waals surface area contributed by atoms with Crippen LogP contribution in [0.3, 0.4) is 0 Å². The number of sulfonamides is 1. The number of anilines is 1. The standard InChI is InChI=1S/C37H43N3O7S/c1-5-6-22-38-37(42)33(24-28-14-9-7-10-15-28)39(26-29-16-13-19-31(23-29)45-2)36(41)27-40(30-17-11-8-12-18-30)48(43,44)32-20-21-34(46-3)35(25-32)47-4/h7-21,23,25,33H,5-6,22,24,26-27H2,1-4H3,(H,38,42)/t33-/m1/s1. The Kier molecular flexibility index (Phi) is 12.8. The van der Waals surface area contributed by atoms with Gasteiger partial charge in [0.2, 0.25) is 11.8 Å². The molecule has 10 nitrogen and oxygen atoms in total. The SMILES string of the molecule is CCCCNC(=O)[C@@H](Cc1ccccc1)N(Cc1cccc(OC)c1)C(=O)CN(c1ccccc1)S(=O)(=O)c1ccc(OC)c(OC)c1. The maximum Gasteiger partial charge on any atom is 0.264 e. The molecule has 0 aliphatic rings. The van der Waals surface area contributed by atoms with E-state index < -0.39 is 28.5 Å². The lowest BCUT2D eigenvalue weighted by Gasteiger charge is -2.34. The van der Waals surface area contributed by atoms with Crippen molar-refractivity contribution in [2.45, 2.75) is 43.7 Å². The number of methoxy groups -OCH3 is 3. The van der Waals surface area contributed by atoms with Crippen molar-refractivity contribution in [3.05, 3.63) is 114 Å². The molecule has 0 fully saturated rings. The first-order valence-electron chi connectivity index (χ1n) is 15.8. The van der Waals surface area contributed by atoms with E-state index >= 15 is 0 Å². The highest BCUT2D eigenvalue weighted by atomic mass is 32.2. The summed E-state index contributed by atoms with van der Waals surface area (Å²) in [5.41, 5.74) is 1.86. The summed E-state index contributed by atoms with van der Waals surface area (Å²) in [7, 11) is 0.116. The maximum atomic E-state index is 14.6. The summed E-state index contributed by atoms with van der Waals surface area (Å²) < 4.78 is 45.8. The van der Waals surface area contributed by atoms with Gasteiger partial charge in [-0.15, -0.1) is 0 Å². The summed E-state index contributed by atoms with van der Waals surface area (Å²) >= 11 is 0. The van der Waals surface area contributed by atoms with E-state index in [9.17, 15) is 18.0 Å². The van der Waals surface area contributed by atoms with Crippen molar-refractivity contribution in [2.75, 3.05) is 38.7 Å². The highest BCUT2D eigenvalue weighted by Crippen LogP contribution is 2.32. The number of hydrogen-bond acceptors (Lipinski definition) is 7. The van der Waals surface area contributed by atoms with Gasteiger partial charge < -0.3 is 24.4 Å². The van der Waals surface area contributed by atoms with Crippen molar-refractivity contribution in [2.24, 2.45) is 0 Å². The molecule has 0 radical (unpaired) electrons. The number of amides is 2. The van der Waals surface area contributed by atoms with Gasteiger partial charge in [-0.2, -0.15) is 0 Å². The Hall–Kier alpha value is -5.03. The van der Waals surface area contributed by atoms with E-state index in [0.29, 0.717) is 18.0 Å². The van der Waals surface area contributed by atoms with Crippen molar-refractivity contribution in [1.29, 1.82) is 0 Å². The fourth-order valence-corrected chi connectivity index (χ4v) is 6.68. The van der Waals surface area contributed by atoms with Crippen LogP contribution >= 0.6 is 0 Å². The molecule has 4 rings (SSSR count). The molecule has 0 aliphatic heterocycles. The van der Waals surface area contributed by atoms with Gasteiger partial charge in [0.1, 0.15) is 18.3 Å². The summed E-state index contributed by atoms with van der Waals surface area (Å²) in [5, 5.41) is 3.00. The lowest BCUT2D eigenvalue weighted by molar-refractivity contribution is -0.140. The summed E-state index contributed by atoms with van der Waals surface area (Å²) in [4.78, 5) is 29.9. The van der Waals surface area contributed by atoms with Gasteiger partial charge in [0.25, 0.3) is 10.0 Å². The highest BCUT2D eigenvalue weighted by molar-refractivity contribution is 7.92. The number of nitrogens with one attached hydrogen (secondary N) is 1. The van der Waals surface area contributed by atoms with Gasteiger partial charge in [0.15, 0.2) is 11.5 Å². The van der Waals surface area contributed by atoms with Crippen LogP contribution in [0.2, 0.25) is 0 Å². The summed E-state index contributed by atoms with van der Waals surface area (Å²) in [6, 6.07) is 28.4. The average Bonchev–Trinajstić information content (AvgIpc) is 3.12. The van der Waals surface area contributed by atoms with E-state index in [1.165, 1.54) is 37.3 Å². The zero-order valence-corrected chi connectivity index (χ0v) is 28.6. The van der Waals surface area contributed by atoms with Crippen molar-refractivity contribution in [3.8, 4) is 17.2 Å². The van der Waals surface area contributed by atoms with Crippen LogP contribution in [-0.2, 0) is 32.6 Å². The molecule has 0 spiro atoms. The molecule has 4 aromatic carbocycles. The predicted octanol–water partition coefficient (Wildman–Crippen LogP) is 5.46. The first-order valence-corrected chi connectivity index (χ1v) is 17.2. The molecule has 0 saturated heterocycles. The average molecular weight is 674 g/mol. The number of rotatable bonds is 17. The zero-order valence-electron chi connectivity index (χ0n) is 27.8. The van der Waals surface area contributed by atoms with Crippen molar-refractivity contribution < 1.29 is 32.2 Å². The van der Waals surface area contributed by atoms with E-state index in [1.807, 2.05) is 49.4 Å². The molecular formula is C37H43N3O7S. The minimum atomic E-state index is -4.32. The van der Waals surface area contributed by atoms with Gasteiger partial charge in [0.05, 0.1) is 31.9 Å². The van der Waals surface area contributed by atoms with E-state index in [1.54, 1.807) is 49.6 Å². The summed E-state index contributed by atoms with van der Waals surface area (Å²) in [6.07, 6.45) is 1.89. The second-order valence-corrected chi connectivity index (χ2v) is 12.9. The Morgan fingerprint density at radius 2 is 1.44 bits per heavy atom. The Morgan fingerprint density at radius 3 is 2.08 bits per heavy atom. The molecule has 0 aliphatic carbocycles. The molecule has 4 aromatic rings. The summed E-state index contributed by atoms with van der Waals surface area (Å²) in [5.74, 6) is 0.300. The first-order chi connectivity index (χ1) is 23.2. The highest BCUT2D eigenvalue weighted by Gasteiger charge is 2.35. The van der Waals surface area contributed by atoms with Crippen LogP contribution in [0.4, 0.5) is 5.69 Å².